The van der Waals surface area contributed by atoms with E-state index in [1.54, 1.807) is 10.4 Å². The lowest BCUT2D eigenvalue weighted by Crippen LogP contribution is -2.42. The molecule has 1 aliphatic rings. The highest BCUT2D eigenvalue weighted by atomic mass is 79.9. The van der Waals surface area contributed by atoms with Crippen LogP contribution in [-0.4, -0.2) is 50.3 Å². The van der Waals surface area contributed by atoms with Gasteiger partial charge in [0.1, 0.15) is 0 Å². The van der Waals surface area contributed by atoms with Gasteiger partial charge in [-0.25, -0.2) is 8.42 Å². The van der Waals surface area contributed by atoms with Gasteiger partial charge in [0, 0.05) is 28.1 Å². The Bertz CT molecular complexity index is 634. The molecule has 0 amide bonds. The van der Waals surface area contributed by atoms with Crippen molar-refractivity contribution < 1.29 is 8.42 Å². The van der Waals surface area contributed by atoms with Crippen LogP contribution in [0.25, 0.3) is 0 Å². The molecule has 0 radical (unpaired) electrons. The molecule has 2 rings (SSSR count). The zero-order valence-corrected chi connectivity index (χ0v) is 16.4. The summed E-state index contributed by atoms with van der Waals surface area (Å²) in [6.45, 7) is 6.15. The molecule has 21 heavy (non-hydrogen) atoms. The van der Waals surface area contributed by atoms with Crippen LogP contribution in [0.4, 0.5) is 0 Å². The maximum atomic E-state index is 13.0. The summed E-state index contributed by atoms with van der Waals surface area (Å²) in [4.78, 5) is 2.51. The maximum Gasteiger partial charge on any atom is 0.244 e. The molecular weight excluding hydrogens is 420 g/mol. The summed E-state index contributed by atoms with van der Waals surface area (Å²) in [5, 5.41) is 0. The van der Waals surface area contributed by atoms with Crippen molar-refractivity contribution in [2.24, 2.45) is 0 Å². The number of sulfonamides is 1. The number of hydrogen-bond donors (Lipinski definition) is 0. The Morgan fingerprint density at radius 1 is 1.19 bits per heavy atom. The maximum absolute atomic E-state index is 13.0. The molecule has 0 spiro atoms. The van der Waals surface area contributed by atoms with E-state index in [0.29, 0.717) is 15.9 Å². The Balaban J connectivity index is 2.44. The molecule has 1 saturated heterocycles. The molecule has 7 heteroatoms. The van der Waals surface area contributed by atoms with Gasteiger partial charge in [0.15, 0.2) is 0 Å². The highest BCUT2D eigenvalue weighted by molar-refractivity contribution is 9.11. The van der Waals surface area contributed by atoms with Gasteiger partial charge in [0.05, 0.1) is 4.90 Å². The summed E-state index contributed by atoms with van der Waals surface area (Å²) in [5.74, 6) is 0. The lowest BCUT2D eigenvalue weighted by Gasteiger charge is -2.27. The van der Waals surface area contributed by atoms with E-state index in [4.69, 9.17) is 0 Å². The van der Waals surface area contributed by atoms with Crippen molar-refractivity contribution in [3.63, 3.8) is 0 Å². The van der Waals surface area contributed by atoms with Gasteiger partial charge >= 0.3 is 0 Å². The highest BCUT2D eigenvalue weighted by Crippen LogP contribution is 2.32. The van der Waals surface area contributed by atoms with Crippen molar-refractivity contribution >= 4 is 41.9 Å². The minimum atomic E-state index is -3.50. The molecular formula is C14H20Br2N2O2S. The molecule has 4 nitrogen and oxygen atoms in total. The second-order valence-electron chi connectivity index (χ2n) is 5.61. The van der Waals surface area contributed by atoms with E-state index in [0.717, 1.165) is 29.5 Å². The molecule has 1 aliphatic heterocycles. The predicted molar refractivity (Wildman–Crippen MR) is 92.0 cm³/mol. The molecule has 1 fully saturated rings. The minimum absolute atomic E-state index is 0.0329. The van der Waals surface area contributed by atoms with Gasteiger partial charge in [-0.2, -0.15) is 4.31 Å². The van der Waals surface area contributed by atoms with E-state index in [1.165, 1.54) is 0 Å². The molecule has 1 aromatic rings. The first kappa shape index (κ1) is 17.4. The Kier molecular flexibility index (Phi) is 5.52. The third-order valence-electron chi connectivity index (χ3n) is 3.79. The Hall–Kier alpha value is 0.0500. The molecule has 1 atom stereocenters. The third-order valence-corrected chi connectivity index (χ3v) is 7.61. The number of benzene rings is 1. The second kappa shape index (κ2) is 6.66. The van der Waals surface area contributed by atoms with Gasteiger partial charge in [0.25, 0.3) is 0 Å². The minimum Gasteiger partial charge on any atom is -0.305 e. The number of rotatable bonds is 2. The highest BCUT2D eigenvalue weighted by Gasteiger charge is 2.32. The van der Waals surface area contributed by atoms with E-state index < -0.39 is 10.0 Å². The van der Waals surface area contributed by atoms with Crippen molar-refractivity contribution in [2.75, 3.05) is 26.7 Å². The van der Waals surface area contributed by atoms with Gasteiger partial charge in [-0.15, -0.1) is 0 Å². The van der Waals surface area contributed by atoms with E-state index in [9.17, 15) is 8.42 Å². The monoisotopic (exact) mass is 438 g/mol. The van der Waals surface area contributed by atoms with Crippen LogP contribution < -0.4 is 0 Å². The quantitative estimate of drug-likeness (QED) is 0.710. The van der Waals surface area contributed by atoms with Crippen LogP contribution in [0.2, 0.25) is 0 Å². The van der Waals surface area contributed by atoms with Gasteiger partial charge in [0.2, 0.25) is 10.0 Å². The first-order valence-electron chi connectivity index (χ1n) is 6.89. The lowest BCUT2D eigenvalue weighted by molar-refractivity contribution is 0.290. The first-order valence-corrected chi connectivity index (χ1v) is 9.92. The van der Waals surface area contributed by atoms with E-state index in [2.05, 4.69) is 36.8 Å². The fourth-order valence-electron chi connectivity index (χ4n) is 2.66. The number of hydrogen-bond acceptors (Lipinski definition) is 3. The number of nitrogens with zero attached hydrogens (tertiary/aromatic N) is 2. The smallest absolute Gasteiger partial charge is 0.244 e. The standard InChI is InChI=1S/C14H20Br2N2O2S/c1-10-7-13(16)14(8-12(10)15)21(19,20)18-6-4-5-17(3)9-11(18)2/h7-8,11H,4-6,9H2,1-3H3. The summed E-state index contributed by atoms with van der Waals surface area (Å²) in [7, 11) is -1.47. The van der Waals surface area contributed by atoms with E-state index in [-0.39, 0.29) is 6.04 Å². The lowest BCUT2D eigenvalue weighted by atomic mass is 10.2. The van der Waals surface area contributed by atoms with Crippen molar-refractivity contribution in [3.05, 3.63) is 26.6 Å². The van der Waals surface area contributed by atoms with Crippen molar-refractivity contribution in [3.8, 4) is 0 Å². The van der Waals surface area contributed by atoms with Crippen molar-refractivity contribution in [1.29, 1.82) is 0 Å². The molecule has 0 aliphatic carbocycles. The van der Waals surface area contributed by atoms with E-state index in [1.807, 2.05) is 27.0 Å². The first-order chi connectivity index (χ1) is 9.73. The molecule has 1 heterocycles. The molecule has 118 valence electrons. The molecule has 0 bridgehead atoms. The zero-order chi connectivity index (χ0) is 15.8. The van der Waals surface area contributed by atoms with Crippen LogP contribution in [0, 0.1) is 6.92 Å². The molecule has 1 aromatic carbocycles. The van der Waals surface area contributed by atoms with E-state index >= 15 is 0 Å². The van der Waals surface area contributed by atoms with Crippen LogP contribution in [-0.2, 0) is 10.0 Å². The zero-order valence-electron chi connectivity index (χ0n) is 12.4. The Labute approximate surface area is 143 Å². The van der Waals surface area contributed by atoms with Crippen molar-refractivity contribution in [2.45, 2.75) is 31.2 Å². The molecule has 0 saturated carbocycles. The van der Waals surface area contributed by atoms with Gasteiger partial charge in [-0.05, 0) is 67.5 Å². The normalized spacial score (nSPS) is 22.2. The largest absolute Gasteiger partial charge is 0.305 e. The molecule has 0 N–H and O–H groups in total. The van der Waals surface area contributed by atoms with Crippen molar-refractivity contribution in [1.82, 2.24) is 9.21 Å². The summed E-state index contributed by atoms with van der Waals surface area (Å²) < 4.78 is 29.0. The van der Waals surface area contributed by atoms with Gasteiger partial charge in [-0.1, -0.05) is 15.9 Å². The average Bonchev–Trinajstić information content (AvgIpc) is 2.54. The predicted octanol–water partition coefficient (Wildman–Crippen LogP) is 3.23. The topological polar surface area (TPSA) is 40.6 Å². The van der Waals surface area contributed by atoms with Crippen LogP contribution >= 0.6 is 31.9 Å². The SMILES string of the molecule is Cc1cc(Br)c(S(=O)(=O)N2CCCN(C)CC2C)cc1Br. The number of aryl methyl sites for hydroxylation is 1. The second-order valence-corrected chi connectivity index (χ2v) is 9.18. The molecule has 1 unspecified atom stereocenters. The van der Waals surface area contributed by atoms with Gasteiger partial charge < -0.3 is 4.90 Å². The third kappa shape index (κ3) is 3.69. The fraction of sp³-hybridized carbons (Fsp3) is 0.571. The average molecular weight is 440 g/mol. The Morgan fingerprint density at radius 2 is 1.86 bits per heavy atom. The summed E-state index contributed by atoms with van der Waals surface area (Å²) in [6.07, 6.45) is 0.852. The van der Waals surface area contributed by atoms with Gasteiger partial charge in [-0.3, -0.25) is 0 Å². The van der Waals surface area contributed by atoms with Crippen LogP contribution in [0.3, 0.4) is 0 Å². The van der Waals surface area contributed by atoms with Crippen LogP contribution in [0.1, 0.15) is 18.9 Å². The summed E-state index contributed by atoms with van der Waals surface area (Å²) in [5.41, 5.74) is 1.00. The van der Waals surface area contributed by atoms with Crippen LogP contribution in [0.5, 0.6) is 0 Å². The number of halogens is 2. The fourth-order valence-corrected chi connectivity index (χ4v) is 5.96. The summed E-state index contributed by atoms with van der Waals surface area (Å²) >= 11 is 6.82. The molecule has 0 aromatic heterocycles. The summed E-state index contributed by atoms with van der Waals surface area (Å²) in [6, 6.07) is 3.50. The van der Waals surface area contributed by atoms with Crippen LogP contribution in [0.15, 0.2) is 26.0 Å². The Morgan fingerprint density at radius 3 is 2.52 bits per heavy atom. The number of likely N-dealkylation sites (N-methyl/N-ethyl adjacent to an activating group) is 1.